The number of aromatic nitrogens is 3. The maximum absolute atomic E-state index is 5.16. The summed E-state index contributed by atoms with van der Waals surface area (Å²) in [6.07, 6.45) is 0. The second kappa shape index (κ2) is 13.6. The Bertz CT molecular complexity index is 3210. The van der Waals surface area contributed by atoms with Crippen LogP contribution in [0.4, 0.5) is 0 Å². The molecule has 0 saturated carbocycles. The van der Waals surface area contributed by atoms with Crippen LogP contribution in [0, 0.1) is 0 Å². The van der Waals surface area contributed by atoms with Crippen molar-refractivity contribution in [3.8, 4) is 61.8 Å². The van der Waals surface area contributed by atoms with Crippen LogP contribution < -0.4 is 0 Å². The Kier molecular flexibility index (Phi) is 7.82. The lowest BCUT2D eigenvalue weighted by atomic mass is 9.92. The minimum Gasteiger partial charge on any atom is -0.309 e. The summed E-state index contributed by atoms with van der Waals surface area (Å²) >= 11 is 0. The standard InChI is InChI=1S/C54H35N3/c1-3-14-39(15-4-1)50-35-51(56-54(55-50)40-16-5-2-6-17-40)47-32-31-44(45-19-9-10-20-46(45)47)38-25-23-37(24-26-38)42-28-30-49-48-21-11-12-22-52(48)57(53(49)34-42)43-29-27-36-13-7-8-18-41(36)33-43/h1-35H. The van der Waals surface area contributed by atoms with Gasteiger partial charge in [-0.05, 0) is 74.1 Å². The molecule has 0 spiro atoms. The number of nitrogens with zero attached hydrogens (tertiary/aromatic N) is 3. The van der Waals surface area contributed by atoms with Gasteiger partial charge in [-0.3, -0.25) is 0 Å². The zero-order valence-corrected chi connectivity index (χ0v) is 31.0. The number of hydrogen-bond donors (Lipinski definition) is 0. The van der Waals surface area contributed by atoms with Gasteiger partial charge < -0.3 is 4.57 Å². The molecule has 3 nitrogen and oxygen atoms in total. The minimum absolute atomic E-state index is 0.714. The molecule has 2 heterocycles. The monoisotopic (exact) mass is 725 g/mol. The van der Waals surface area contributed by atoms with Gasteiger partial charge in [0.2, 0.25) is 0 Å². The topological polar surface area (TPSA) is 30.7 Å². The Morgan fingerprint density at radius 2 is 0.877 bits per heavy atom. The average molecular weight is 726 g/mol. The van der Waals surface area contributed by atoms with E-state index < -0.39 is 0 Å². The molecule has 0 aliphatic carbocycles. The first-order valence-corrected chi connectivity index (χ1v) is 19.4. The molecular weight excluding hydrogens is 691 g/mol. The summed E-state index contributed by atoms with van der Waals surface area (Å²) in [6.45, 7) is 0. The van der Waals surface area contributed by atoms with Gasteiger partial charge in [-0.1, -0.05) is 182 Å². The predicted octanol–water partition coefficient (Wildman–Crippen LogP) is 14.2. The van der Waals surface area contributed by atoms with Gasteiger partial charge in [0, 0.05) is 33.2 Å². The molecule has 0 bridgehead atoms. The van der Waals surface area contributed by atoms with Gasteiger partial charge in [0.25, 0.3) is 0 Å². The fraction of sp³-hybridized carbons (Fsp3) is 0. The first-order chi connectivity index (χ1) is 28.2. The highest BCUT2D eigenvalue weighted by Crippen LogP contribution is 2.39. The zero-order valence-electron chi connectivity index (χ0n) is 31.0. The molecule has 0 N–H and O–H groups in total. The molecule has 2 aromatic heterocycles. The molecule has 0 saturated heterocycles. The van der Waals surface area contributed by atoms with Crippen LogP contribution in [0.2, 0.25) is 0 Å². The van der Waals surface area contributed by atoms with E-state index in [1.54, 1.807) is 0 Å². The van der Waals surface area contributed by atoms with Gasteiger partial charge in [0.05, 0.1) is 22.4 Å². The van der Waals surface area contributed by atoms with Crippen LogP contribution >= 0.6 is 0 Å². The Hall–Kier alpha value is -7.62. The fourth-order valence-corrected chi connectivity index (χ4v) is 8.42. The van der Waals surface area contributed by atoms with Gasteiger partial charge in [0.1, 0.15) is 0 Å². The van der Waals surface area contributed by atoms with E-state index in [4.69, 9.17) is 9.97 Å². The Morgan fingerprint density at radius 3 is 1.67 bits per heavy atom. The molecule has 0 aliphatic heterocycles. The molecule has 3 heteroatoms. The van der Waals surface area contributed by atoms with Crippen LogP contribution in [0.15, 0.2) is 212 Å². The molecule has 0 unspecified atom stereocenters. The predicted molar refractivity (Wildman–Crippen MR) is 239 cm³/mol. The van der Waals surface area contributed by atoms with Crippen LogP contribution in [-0.2, 0) is 0 Å². The highest BCUT2D eigenvalue weighted by Gasteiger charge is 2.16. The zero-order chi connectivity index (χ0) is 37.7. The summed E-state index contributed by atoms with van der Waals surface area (Å²) in [5.74, 6) is 0.714. The molecule has 0 radical (unpaired) electrons. The Labute approximate surface area is 330 Å². The molecule has 266 valence electrons. The van der Waals surface area contributed by atoms with Gasteiger partial charge >= 0.3 is 0 Å². The van der Waals surface area contributed by atoms with E-state index in [9.17, 15) is 0 Å². The third-order valence-corrected chi connectivity index (χ3v) is 11.2. The van der Waals surface area contributed by atoms with E-state index in [-0.39, 0.29) is 0 Å². The van der Waals surface area contributed by atoms with Crippen LogP contribution in [0.25, 0.3) is 105 Å². The first kappa shape index (κ1) is 32.8. The lowest BCUT2D eigenvalue weighted by Crippen LogP contribution is -1.96. The third kappa shape index (κ3) is 5.76. The summed E-state index contributed by atoms with van der Waals surface area (Å²) in [6, 6.07) is 75.8. The molecule has 57 heavy (non-hydrogen) atoms. The van der Waals surface area contributed by atoms with E-state index in [1.807, 2.05) is 24.3 Å². The van der Waals surface area contributed by atoms with Crippen molar-refractivity contribution in [1.29, 1.82) is 0 Å². The molecule has 0 fully saturated rings. The van der Waals surface area contributed by atoms with Crippen LogP contribution in [0.1, 0.15) is 0 Å². The molecule has 11 rings (SSSR count). The van der Waals surface area contributed by atoms with Gasteiger partial charge in [-0.25, -0.2) is 9.97 Å². The van der Waals surface area contributed by atoms with E-state index in [2.05, 4.69) is 193 Å². The van der Waals surface area contributed by atoms with Crippen molar-refractivity contribution in [2.45, 2.75) is 0 Å². The third-order valence-electron chi connectivity index (χ3n) is 11.2. The highest BCUT2D eigenvalue weighted by atomic mass is 15.0. The molecule has 0 amide bonds. The lowest BCUT2D eigenvalue weighted by molar-refractivity contribution is 1.18. The van der Waals surface area contributed by atoms with Crippen molar-refractivity contribution in [3.63, 3.8) is 0 Å². The van der Waals surface area contributed by atoms with E-state index >= 15 is 0 Å². The van der Waals surface area contributed by atoms with Crippen molar-refractivity contribution in [3.05, 3.63) is 212 Å². The van der Waals surface area contributed by atoms with E-state index in [1.165, 1.54) is 60.2 Å². The second-order valence-electron chi connectivity index (χ2n) is 14.6. The SMILES string of the molecule is c1ccc(-c2cc(-c3ccc(-c4ccc(-c5ccc6c7ccccc7n(-c7ccc8ccccc8c7)c6c5)cc4)c4ccccc34)nc(-c3ccccc3)n2)cc1. The average Bonchev–Trinajstić information content (AvgIpc) is 3.62. The van der Waals surface area contributed by atoms with Gasteiger partial charge in [-0.2, -0.15) is 0 Å². The number of benzene rings is 9. The Morgan fingerprint density at radius 1 is 0.298 bits per heavy atom. The molecule has 0 atom stereocenters. The van der Waals surface area contributed by atoms with Crippen LogP contribution in [0.3, 0.4) is 0 Å². The van der Waals surface area contributed by atoms with Crippen molar-refractivity contribution in [2.24, 2.45) is 0 Å². The van der Waals surface area contributed by atoms with Crippen LogP contribution in [0.5, 0.6) is 0 Å². The summed E-state index contributed by atoms with van der Waals surface area (Å²) in [7, 11) is 0. The lowest BCUT2D eigenvalue weighted by Gasteiger charge is -2.14. The van der Waals surface area contributed by atoms with E-state index in [0.717, 1.165) is 39.2 Å². The maximum atomic E-state index is 5.16. The normalized spacial score (nSPS) is 11.5. The molecule has 0 aliphatic rings. The first-order valence-electron chi connectivity index (χ1n) is 19.4. The van der Waals surface area contributed by atoms with Crippen molar-refractivity contribution in [1.82, 2.24) is 14.5 Å². The molecule has 11 aromatic rings. The number of fused-ring (bicyclic) bond motifs is 5. The van der Waals surface area contributed by atoms with Crippen molar-refractivity contribution < 1.29 is 0 Å². The highest BCUT2D eigenvalue weighted by molar-refractivity contribution is 6.10. The summed E-state index contributed by atoms with van der Waals surface area (Å²) < 4.78 is 2.41. The number of hydrogen-bond acceptors (Lipinski definition) is 2. The quantitative estimate of drug-likeness (QED) is 0.171. The van der Waals surface area contributed by atoms with Gasteiger partial charge in [-0.15, -0.1) is 0 Å². The minimum atomic E-state index is 0.714. The number of rotatable bonds is 6. The second-order valence-corrected chi connectivity index (χ2v) is 14.6. The van der Waals surface area contributed by atoms with Crippen molar-refractivity contribution >= 4 is 43.4 Å². The number of para-hydroxylation sites is 1. The summed E-state index contributed by atoms with van der Waals surface area (Å²) in [5.41, 5.74) is 13.2. The largest absolute Gasteiger partial charge is 0.309 e. The molecule has 9 aromatic carbocycles. The van der Waals surface area contributed by atoms with Crippen LogP contribution in [-0.4, -0.2) is 14.5 Å². The smallest absolute Gasteiger partial charge is 0.160 e. The van der Waals surface area contributed by atoms with Crippen molar-refractivity contribution in [2.75, 3.05) is 0 Å². The fourth-order valence-electron chi connectivity index (χ4n) is 8.42. The van der Waals surface area contributed by atoms with Gasteiger partial charge in [0.15, 0.2) is 5.82 Å². The summed E-state index contributed by atoms with van der Waals surface area (Å²) in [4.78, 5) is 10.2. The van der Waals surface area contributed by atoms with E-state index in [0.29, 0.717) is 5.82 Å². The maximum Gasteiger partial charge on any atom is 0.160 e. The summed E-state index contributed by atoms with van der Waals surface area (Å²) in [5, 5.41) is 7.33. The molecular formula is C54H35N3. The Balaban J connectivity index is 0.994.